The molecule has 86 valence electrons. The number of nitrogens with zero attached hydrogens (tertiary/aromatic N) is 2. The van der Waals surface area contributed by atoms with Crippen molar-refractivity contribution in [2.45, 2.75) is 6.42 Å². The van der Waals surface area contributed by atoms with Crippen molar-refractivity contribution in [1.82, 2.24) is 10.1 Å². The average molecular weight is 245 g/mol. The number of thiophene rings is 1. The van der Waals surface area contributed by atoms with Gasteiger partial charge >= 0.3 is 0 Å². The van der Waals surface area contributed by atoms with Crippen LogP contribution in [0.4, 0.5) is 0 Å². The van der Waals surface area contributed by atoms with Gasteiger partial charge in [0.15, 0.2) is 5.82 Å². The minimum atomic E-state index is 0.531. The third kappa shape index (κ3) is 1.83. The SMILES string of the molecule is NCCc1noc(-c2csc3ccccc23)n1. The predicted molar refractivity (Wildman–Crippen MR) is 67.9 cm³/mol. The number of benzene rings is 1. The maximum atomic E-state index is 5.46. The molecule has 0 aliphatic carbocycles. The van der Waals surface area contributed by atoms with Gasteiger partial charge in [0.25, 0.3) is 5.89 Å². The highest BCUT2D eigenvalue weighted by Gasteiger charge is 2.12. The van der Waals surface area contributed by atoms with E-state index in [9.17, 15) is 0 Å². The lowest BCUT2D eigenvalue weighted by molar-refractivity contribution is 0.423. The van der Waals surface area contributed by atoms with Gasteiger partial charge in [0, 0.05) is 21.9 Å². The van der Waals surface area contributed by atoms with Gasteiger partial charge in [-0.1, -0.05) is 23.4 Å². The molecule has 0 atom stereocenters. The molecule has 0 unspecified atom stereocenters. The van der Waals surface area contributed by atoms with Crippen LogP contribution in [0.1, 0.15) is 5.82 Å². The zero-order valence-electron chi connectivity index (χ0n) is 9.09. The standard InChI is InChI=1S/C12H11N3OS/c13-6-5-11-14-12(16-15-11)9-7-17-10-4-2-1-3-8(9)10/h1-4,7H,5-6,13H2. The van der Waals surface area contributed by atoms with Gasteiger partial charge in [0.2, 0.25) is 0 Å². The quantitative estimate of drug-likeness (QED) is 0.769. The molecule has 0 aliphatic rings. The summed E-state index contributed by atoms with van der Waals surface area (Å²) in [5.74, 6) is 1.24. The fourth-order valence-corrected chi connectivity index (χ4v) is 2.67. The van der Waals surface area contributed by atoms with Crippen molar-refractivity contribution in [3.8, 4) is 11.5 Å². The highest BCUT2D eigenvalue weighted by Crippen LogP contribution is 2.32. The van der Waals surface area contributed by atoms with Gasteiger partial charge < -0.3 is 10.3 Å². The lowest BCUT2D eigenvalue weighted by Gasteiger charge is -1.91. The van der Waals surface area contributed by atoms with E-state index in [1.165, 1.54) is 4.70 Å². The molecule has 1 aromatic carbocycles. The Labute approximate surface area is 102 Å². The summed E-state index contributed by atoms with van der Waals surface area (Å²) in [6.07, 6.45) is 0.644. The van der Waals surface area contributed by atoms with Crippen molar-refractivity contribution in [2.75, 3.05) is 6.54 Å². The summed E-state index contributed by atoms with van der Waals surface area (Å²) in [6.45, 7) is 0.531. The first-order chi connectivity index (χ1) is 8.38. The van der Waals surface area contributed by atoms with E-state index in [0.717, 1.165) is 10.9 Å². The summed E-state index contributed by atoms with van der Waals surface area (Å²) in [4.78, 5) is 4.34. The first-order valence-corrected chi connectivity index (χ1v) is 6.25. The summed E-state index contributed by atoms with van der Waals surface area (Å²) in [6, 6.07) is 8.18. The minimum absolute atomic E-state index is 0.531. The summed E-state index contributed by atoms with van der Waals surface area (Å²) in [5.41, 5.74) is 6.46. The fraction of sp³-hybridized carbons (Fsp3) is 0.167. The highest BCUT2D eigenvalue weighted by molar-refractivity contribution is 7.17. The van der Waals surface area contributed by atoms with Crippen LogP contribution in [0, 0.1) is 0 Å². The second-order valence-electron chi connectivity index (χ2n) is 3.70. The van der Waals surface area contributed by atoms with E-state index in [-0.39, 0.29) is 0 Å². The molecule has 0 saturated heterocycles. The van der Waals surface area contributed by atoms with Crippen LogP contribution < -0.4 is 5.73 Å². The van der Waals surface area contributed by atoms with Crippen molar-refractivity contribution in [2.24, 2.45) is 5.73 Å². The topological polar surface area (TPSA) is 64.9 Å². The summed E-state index contributed by atoms with van der Waals surface area (Å²) in [7, 11) is 0. The van der Waals surface area contributed by atoms with E-state index in [4.69, 9.17) is 10.3 Å². The van der Waals surface area contributed by atoms with E-state index >= 15 is 0 Å². The highest BCUT2D eigenvalue weighted by atomic mass is 32.1. The third-order valence-corrected chi connectivity index (χ3v) is 3.51. The molecule has 3 aromatic rings. The zero-order valence-corrected chi connectivity index (χ0v) is 9.91. The van der Waals surface area contributed by atoms with Crippen LogP contribution in [0.5, 0.6) is 0 Å². The monoisotopic (exact) mass is 245 g/mol. The molecule has 2 N–H and O–H groups in total. The van der Waals surface area contributed by atoms with E-state index in [0.29, 0.717) is 24.7 Å². The van der Waals surface area contributed by atoms with Crippen LogP contribution in [-0.2, 0) is 6.42 Å². The molecule has 17 heavy (non-hydrogen) atoms. The van der Waals surface area contributed by atoms with Crippen molar-refractivity contribution in [3.05, 3.63) is 35.5 Å². The van der Waals surface area contributed by atoms with Gasteiger partial charge in [-0.05, 0) is 12.6 Å². The van der Waals surface area contributed by atoms with Gasteiger partial charge in [-0.2, -0.15) is 4.98 Å². The summed E-state index contributed by atoms with van der Waals surface area (Å²) < 4.78 is 6.48. The van der Waals surface area contributed by atoms with Crippen LogP contribution in [0.3, 0.4) is 0 Å². The Morgan fingerprint density at radius 3 is 3.06 bits per heavy atom. The lowest BCUT2D eigenvalue weighted by Crippen LogP contribution is -2.03. The van der Waals surface area contributed by atoms with E-state index in [1.807, 2.05) is 17.5 Å². The first kappa shape index (κ1) is 10.4. The van der Waals surface area contributed by atoms with Crippen molar-refractivity contribution < 1.29 is 4.52 Å². The van der Waals surface area contributed by atoms with Crippen LogP contribution in [-0.4, -0.2) is 16.7 Å². The van der Waals surface area contributed by atoms with Crippen LogP contribution in [0.15, 0.2) is 34.2 Å². The van der Waals surface area contributed by atoms with Crippen molar-refractivity contribution >= 4 is 21.4 Å². The van der Waals surface area contributed by atoms with Gasteiger partial charge in [-0.25, -0.2) is 0 Å². The second kappa shape index (κ2) is 4.27. The molecule has 4 nitrogen and oxygen atoms in total. The molecule has 0 amide bonds. The Kier molecular flexibility index (Phi) is 2.62. The van der Waals surface area contributed by atoms with Gasteiger partial charge in [0.05, 0.1) is 5.56 Å². The molecular weight excluding hydrogens is 234 g/mol. The van der Waals surface area contributed by atoms with Crippen molar-refractivity contribution in [1.29, 1.82) is 0 Å². The first-order valence-electron chi connectivity index (χ1n) is 5.38. The predicted octanol–water partition coefficient (Wildman–Crippen LogP) is 2.45. The molecule has 5 heteroatoms. The van der Waals surface area contributed by atoms with E-state index in [2.05, 4.69) is 22.3 Å². The van der Waals surface area contributed by atoms with Crippen LogP contribution in [0.25, 0.3) is 21.5 Å². The molecule has 3 rings (SSSR count). The number of hydrogen-bond acceptors (Lipinski definition) is 5. The maximum absolute atomic E-state index is 5.46. The van der Waals surface area contributed by atoms with E-state index < -0.39 is 0 Å². The molecule has 0 fully saturated rings. The number of nitrogens with two attached hydrogens (primary N) is 1. The summed E-state index contributed by atoms with van der Waals surface area (Å²) >= 11 is 1.68. The molecule has 0 bridgehead atoms. The van der Waals surface area contributed by atoms with Crippen molar-refractivity contribution in [3.63, 3.8) is 0 Å². The zero-order chi connectivity index (χ0) is 11.7. The summed E-state index contributed by atoms with van der Waals surface area (Å²) in [5, 5.41) is 7.11. The number of aromatic nitrogens is 2. The number of rotatable bonds is 3. The molecule has 2 heterocycles. The Morgan fingerprint density at radius 2 is 2.18 bits per heavy atom. The Hall–Kier alpha value is -1.72. The average Bonchev–Trinajstić information content (AvgIpc) is 2.95. The normalized spacial score (nSPS) is 11.1. The molecule has 2 aromatic heterocycles. The van der Waals surface area contributed by atoms with Gasteiger partial charge in [0.1, 0.15) is 0 Å². The van der Waals surface area contributed by atoms with E-state index in [1.54, 1.807) is 11.3 Å². The molecule has 0 saturated carbocycles. The Morgan fingerprint density at radius 1 is 1.29 bits per heavy atom. The third-order valence-electron chi connectivity index (χ3n) is 2.55. The fourth-order valence-electron chi connectivity index (χ4n) is 1.74. The molecular formula is C12H11N3OS. The van der Waals surface area contributed by atoms with Crippen LogP contribution in [0.2, 0.25) is 0 Å². The number of hydrogen-bond donors (Lipinski definition) is 1. The number of fused-ring (bicyclic) bond motifs is 1. The van der Waals surface area contributed by atoms with Gasteiger partial charge in [-0.15, -0.1) is 11.3 Å². The molecule has 0 aliphatic heterocycles. The second-order valence-corrected chi connectivity index (χ2v) is 4.61. The largest absolute Gasteiger partial charge is 0.334 e. The molecule has 0 radical (unpaired) electrons. The smallest absolute Gasteiger partial charge is 0.259 e. The van der Waals surface area contributed by atoms with Crippen LogP contribution >= 0.6 is 11.3 Å². The Bertz CT molecular complexity index is 644. The maximum Gasteiger partial charge on any atom is 0.259 e. The van der Waals surface area contributed by atoms with Gasteiger partial charge in [-0.3, -0.25) is 0 Å². The Balaban J connectivity index is 2.07. The molecule has 0 spiro atoms. The minimum Gasteiger partial charge on any atom is -0.334 e. The lowest BCUT2D eigenvalue weighted by atomic mass is 10.2.